The minimum Gasteiger partial charge on any atom is -0.461 e. The van der Waals surface area contributed by atoms with Crippen LogP contribution in [0.3, 0.4) is 0 Å². The van der Waals surface area contributed by atoms with Crippen molar-refractivity contribution in [2.24, 2.45) is 0 Å². The summed E-state index contributed by atoms with van der Waals surface area (Å²) < 4.78 is 5.15. The Balaban J connectivity index is 1.93. The molecule has 1 N–H and O–H groups in total. The molecule has 1 aliphatic rings. The van der Waals surface area contributed by atoms with Crippen LogP contribution in [0.2, 0.25) is 0 Å². The van der Waals surface area contributed by atoms with E-state index in [-0.39, 0.29) is 30.4 Å². The maximum Gasteiger partial charge on any atom is 0.359 e. The van der Waals surface area contributed by atoms with Crippen LogP contribution in [0.5, 0.6) is 0 Å². The molecule has 3 heterocycles. The molecule has 2 aromatic heterocycles. The van der Waals surface area contributed by atoms with Crippen LogP contribution in [0.4, 0.5) is 17.2 Å². The zero-order valence-corrected chi connectivity index (χ0v) is 15.1. The molecule has 4 rings (SSSR count). The first-order valence-electron chi connectivity index (χ1n) is 8.79. The lowest BCUT2D eigenvalue weighted by Gasteiger charge is -2.30. The lowest BCUT2D eigenvalue weighted by atomic mass is 10.2. The van der Waals surface area contributed by atoms with Gasteiger partial charge in [-0.25, -0.2) is 14.8 Å². The quantitative estimate of drug-likeness (QED) is 0.700. The van der Waals surface area contributed by atoms with Gasteiger partial charge in [0.2, 0.25) is 5.91 Å². The Labute approximate surface area is 161 Å². The van der Waals surface area contributed by atoms with Crippen LogP contribution in [-0.4, -0.2) is 40.0 Å². The number of pyridine rings is 1. The van der Waals surface area contributed by atoms with E-state index in [0.29, 0.717) is 17.2 Å². The van der Waals surface area contributed by atoms with Crippen LogP contribution in [0.15, 0.2) is 54.9 Å². The number of carbonyl (C=O) groups excluding carboxylic acids is 2. The van der Waals surface area contributed by atoms with E-state index in [1.165, 1.54) is 0 Å². The predicted molar refractivity (Wildman–Crippen MR) is 103 cm³/mol. The van der Waals surface area contributed by atoms with Crippen LogP contribution in [0.1, 0.15) is 17.4 Å². The summed E-state index contributed by atoms with van der Waals surface area (Å²) in [5.41, 5.74) is 1.69. The van der Waals surface area contributed by atoms with E-state index in [2.05, 4.69) is 20.3 Å². The number of para-hydroxylation sites is 1. The van der Waals surface area contributed by atoms with Gasteiger partial charge in [0.25, 0.3) is 0 Å². The van der Waals surface area contributed by atoms with E-state index < -0.39 is 5.97 Å². The fraction of sp³-hybridized carbons (Fsp3) is 0.150. The summed E-state index contributed by atoms with van der Waals surface area (Å²) in [5.74, 6) is -0.129. The maximum atomic E-state index is 12.6. The van der Waals surface area contributed by atoms with Gasteiger partial charge in [0.15, 0.2) is 17.3 Å². The third kappa shape index (κ3) is 3.27. The van der Waals surface area contributed by atoms with Crippen molar-refractivity contribution in [2.45, 2.75) is 6.92 Å². The highest BCUT2D eigenvalue weighted by Gasteiger charge is 2.31. The number of benzene rings is 1. The number of ether oxygens (including phenoxy) is 1. The van der Waals surface area contributed by atoms with E-state index in [0.717, 1.165) is 5.69 Å². The summed E-state index contributed by atoms with van der Waals surface area (Å²) in [6.07, 6.45) is 3.26. The van der Waals surface area contributed by atoms with Crippen molar-refractivity contribution in [3.05, 3.63) is 60.6 Å². The Hall–Kier alpha value is -3.81. The molecule has 0 saturated heterocycles. The van der Waals surface area contributed by atoms with Gasteiger partial charge in [-0.05, 0) is 31.2 Å². The van der Waals surface area contributed by atoms with E-state index in [9.17, 15) is 9.59 Å². The second kappa shape index (κ2) is 7.43. The third-order valence-electron chi connectivity index (χ3n) is 4.17. The van der Waals surface area contributed by atoms with Crippen molar-refractivity contribution >= 4 is 29.1 Å². The molecule has 3 aromatic rings. The Morgan fingerprint density at radius 1 is 1.18 bits per heavy atom. The molecule has 28 heavy (non-hydrogen) atoms. The molecule has 1 aromatic carbocycles. The van der Waals surface area contributed by atoms with Crippen LogP contribution < -0.4 is 10.2 Å². The van der Waals surface area contributed by atoms with Gasteiger partial charge in [0.05, 0.1) is 6.61 Å². The Morgan fingerprint density at radius 3 is 2.71 bits per heavy atom. The van der Waals surface area contributed by atoms with E-state index in [1.54, 1.807) is 36.4 Å². The molecule has 1 aliphatic heterocycles. The van der Waals surface area contributed by atoms with Crippen molar-refractivity contribution in [3.63, 3.8) is 0 Å². The molecule has 0 atom stereocenters. The maximum absolute atomic E-state index is 12.6. The average Bonchev–Trinajstić information content (AvgIpc) is 2.74. The third-order valence-corrected chi connectivity index (χ3v) is 4.17. The number of esters is 1. The summed E-state index contributed by atoms with van der Waals surface area (Å²) in [7, 11) is 0. The molecule has 0 aliphatic carbocycles. The minimum absolute atomic E-state index is 0.0136. The number of anilines is 3. The number of nitrogens with zero attached hydrogens (tertiary/aromatic N) is 4. The first kappa shape index (κ1) is 17.6. The summed E-state index contributed by atoms with van der Waals surface area (Å²) in [6.45, 7) is 1.97. The Kier molecular flexibility index (Phi) is 4.67. The van der Waals surface area contributed by atoms with Crippen molar-refractivity contribution in [2.75, 3.05) is 23.4 Å². The summed E-state index contributed by atoms with van der Waals surface area (Å²) in [4.78, 5) is 39.7. The van der Waals surface area contributed by atoms with E-state index >= 15 is 0 Å². The molecule has 0 radical (unpaired) electrons. The fourth-order valence-electron chi connectivity index (χ4n) is 2.95. The number of aromatic nitrogens is 3. The second-order valence-corrected chi connectivity index (χ2v) is 6.03. The number of fused-ring (bicyclic) bond motifs is 1. The Morgan fingerprint density at radius 2 is 2.00 bits per heavy atom. The average molecular weight is 375 g/mol. The Bertz CT molecular complexity index is 1020. The highest BCUT2D eigenvalue weighted by atomic mass is 16.5. The summed E-state index contributed by atoms with van der Waals surface area (Å²) >= 11 is 0. The van der Waals surface area contributed by atoms with Gasteiger partial charge in [-0.3, -0.25) is 9.78 Å². The van der Waals surface area contributed by atoms with Gasteiger partial charge in [-0.2, -0.15) is 0 Å². The van der Waals surface area contributed by atoms with E-state index in [4.69, 9.17) is 4.74 Å². The number of hydrogen-bond acceptors (Lipinski definition) is 7. The fourth-order valence-corrected chi connectivity index (χ4v) is 2.95. The molecule has 0 saturated carbocycles. The van der Waals surface area contributed by atoms with Gasteiger partial charge in [0.1, 0.15) is 12.2 Å². The molecule has 0 bridgehead atoms. The van der Waals surface area contributed by atoms with Gasteiger partial charge < -0.3 is 15.0 Å². The van der Waals surface area contributed by atoms with Gasteiger partial charge in [0, 0.05) is 23.6 Å². The van der Waals surface area contributed by atoms with Crippen molar-refractivity contribution < 1.29 is 14.3 Å². The number of hydrogen-bond donors (Lipinski definition) is 1. The number of carbonyl (C=O) groups is 2. The monoisotopic (exact) mass is 375 g/mol. The highest BCUT2D eigenvalue weighted by Crippen LogP contribution is 2.36. The highest BCUT2D eigenvalue weighted by molar-refractivity contribution is 6.08. The molecular weight excluding hydrogens is 358 g/mol. The molecule has 0 fully saturated rings. The van der Waals surface area contributed by atoms with Crippen molar-refractivity contribution in [1.82, 2.24) is 15.0 Å². The molecular formula is C20H17N5O3. The minimum atomic E-state index is -0.624. The standard InChI is InChI=1S/C20H17N5O3/c1-2-28-20(27)17-16-19(24-18(23-17)13-7-6-10-21-11-13)25(12-15(26)22-16)14-8-4-3-5-9-14/h3-11H,2,12H2,1H3,(H,22,26). The number of rotatable bonds is 4. The molecule has 8 heteroatoms. The van der Waals surface area contributed by atoms with Crippen LogP contribution in [0, 0.1) is 0 Å². The lowest BCUT2D eigenvalue weighted by molar-refractivity contribution is -0.115. The first-order valence-corrected chi connectivity index (χ1v) is 8.79. The number of amides is 1. The van der Waals surface area contributed by atoms with Gasteiger partial charge >= 0.3 is 5.97 Å². The molecule has 8 nitrogen and oxygen atoms in total. The smallest absolute Gasteiger partial charge is 0.359 e. The van der Waals surface area contributed by atoms with E-state index in [1.807, 2.05) is 30.3 Å². The van der Waals surface area contributed by atoms with Crippen LogP contribution >= 0.6 is 0 Å². The SMILES string of the molecule is CCOC(=O)c1nc(-c2cccnc2)nc2c1NC(=O)CN2c1ccccc1. The molecule has 0 unspecified atom stereocenters. The van der Waals surface area contributed by atoms with Crippen molar-refractivity contribution in [3.8, 4) is 11.4 Å². The topological polar surface area (TPSA) is 97.3 Å². The summed E-state index contributed by atoms with van der Waals surface area (Å²) in [5, 5.41) is 2.72. The number of nitrogens with one attached hydrogen (secondary N) is 1. The van der Waals surface area contributed by atoms with Gasteiger partial charge in [-0.15, -0.1) is 0 Å². The molecule has 0 spiro atoms. The normalized spacial score (nSPS) is 12.9. The second-order valence-electron chi connectivity index (χ2n) is 6.03. The zero-order chi connectivity index (χ0) is 19.5. The predicted octanol–water partition coefficient (Wildman–Crippen LogP) is 2.81. The zero-order valence-electron chi connectivity index (χ0n) is 15.1. The molecule has 1 amide bonds. The molecule has 140 valence electrons. The van der Waals surface area contributed by atoms with Crippen molar-refractivity contribution in [1.29, 1.82) is 0 Å². The summed E-state index contributed by atoms with van der Waals surface area (Å²) in [6, 6.07) is 12.9. The van der Waals surface area contributed by atoms with Gasteiger partial charge in [-0.1, -0.05) is 18.2 Å². The van der Waals surface area contributed by atoms with Crippen LogP contribution in [-0.2, 0) is 9.53 Å². The van der Waals surface area contributed by atoms with Crippen LogP contribution in [0.25, 0.3) is 11.4 Å². The largest absolute Gasteiger partial charge is 0.461 e. The lowest BCUT2D eigenvalue weighted by Crippen LogP contribution is -2.37. The first-order chi connectivity index (χ1) is 13.7.